The maximum atomic E-state index is 11.3. The van der Waals surface area contributed by atoms with Crippen LogP contribution in [0.1, 0.15) is 19.4 Å². The highest BCUT2D eigenvalue weighted by Crippen LogP contribution is 2.31. The van der Waals surface area contributed by atoms with Crippen LogP contribution in [0.4, 0.5) is 5.69 Å². The van der Waals surface area contributed by atoms with E-state index >= 15 is 0 Å². The first kappa shape index (κ1) is 11.0. The van der Waals surface area contributed by atoms with Crippen LogP contribution >= 0.6 is 0 Å². The maximum absolute atomic E-state index is 11.3. The molecule has 1 N–H and O–H groups in total. The highest BCUT2D eigenvalue weighted by molar-refractivity contribution is 5.80. The summed E-state index contributed by atoms with van der Waals surface area (Å²) >= 11 is 0. The third kappa shape index (κ3) is 1.77. The van der Waals surface area contributed by atoms with E-state index in [4.69, 9.17) is 0 Å². The molecule has 1 aromatic carbocycles. The standard InChI is InChI=1S/C13H17NO2/c1-9(2)12(13(15)16)14-8-7-10-5-3-4-6-11(10)14/h3-6,9,12H,7-8H2,1-2H3,(H,15,16). The van der Waals surface area contributed by atoms with Crippen molar-refractivity contribution in [1.82, 2.24) is 0 Å². The van der Waals surface area contributed by atoms with Gasteiger partial charge in [-0.1, -0.05) is 32.0 Å². The first-order valence-corrected chi connectivity index (χ1v) is 5.68. The molecule has 1 aliphatic rings. The molecule has 0 aliphatic carbocycles. The number of rotatable bonds is 3. The highest BCUT2D eigenvalue weighted by Gasteiger charge is 2.32. The Kier molecular flexibility index (Phi) is 2.86. The molecule has 1 unspecified atom stereocenters. The molecule has 0 bridgehead atoms. The molecule has 3 heteroatoms. The number of fused-ring (bicyclic) bond motifs is 1. The van der Waals surface area contributed by atoms with Gasteiger partial charge in [-0.25, -0.2) is 4.79 Å². The third-order valence-corrected chi connectivity index (χ3v) is 3.14. The number of anilines is 1. The molecule has 1 aliphatic heterocycles. The lowest BCUT2D eigenvalue weighted by molar-refractivity contribution is -0.139. The largest absolute Gasteiger partial charge is 0.480 e. The molecule has 1 aromatic rings. The van der Waals surface area contributed by atoms with Crippen molar-refractivity contribution in [1.29, 1.82) is 0 Å². The first-order chi connectivity index (χ1) is 7.61. The Morgan fingerprint density at radius 3 is 2.69 bits per heavy atom. The molecule has 0 saturated heterocycles. The van der Waals surface area contributed by atoms with Gasteiger partial charge in [-0.15, -0.1) is 0 Å². The van der Waals surface area contributed by atoms with Crippen molar-refractivity contribution in [2.75, 3.05) is 11.4 Å². The summed E-state index contributed by atoms with van der Waals surface area (Å²) in [5.74, 6) is -0.615. The lowest BCUT2D eigenvalue weighted by atomic mass is 10.0. The van der Waals surface area contributed by atoms with Crippen molar-refractivity contribution in [3.63, 3.8) is 0 Å². The summed E-state index contributed by atoms with van der Waals surface area (Å²) in [6.45, 7) is 4.73. The van der Waals surface area contributed by atoms with Crippen LogP contribution in [-0.2, 0) is 11.2 Å². The van der Waals surface area contributed by atoms with E-state index in [1.165, 1.54) is 5.56 Å². The first-order valence-electron chi connectivity index (χ1n) is 5.68. The van der Waals surface area contributed by atoms with Gasteiger partial charge in [-0.3, -0.25) is 0 Å². The van der Waals surface area contributed by atoms with E-state index in [-0.39, 0.29) is 5.92 Å². The van der Waals surface area contributed by atoms with E-state index in [9.17, 15) is 9.90 Å². The summed E-state index contributed by atoms with van der Waals surface area (Å²) in [6, 6.07) is 7.66. The summed E-state index contributed by atoms with van der Waals surface area (Å²) in [4.78, 5) is 13.3. The van der Waals surface area contributed by atoms with Crippen LogP contribution in [0.5, 0.6) is 0 Å². The number of carboxylic acid groups (broad SMARTS) is 1. The second-order valence-electron chi connectivity index (χ2n) is 4.60. The Labute approximate surface area is 95.7 Å². The molecule has 3 nitrogen and oxygen atoms in total. The van der Waals surface area contributed by atoms with E-state index in [1.807, 2.05) is 36.9 Å². The van der Waals surface area contributed by atoms with Crippen molar-refractivity contribution in [3.05, 3.63) is 29.8 Å². The van der Waals surface area contributed by atoms with Crippen LogP contribution in [0.25, 0.3) is 0 Å². The number of carboxylic acids is 1. The molecule has 0 saturated carbocycles. The van der Waals surface area contributed by atoms with E-state index in [0.29, 0.717) is 0 Å². The van der Waals surface area contributed by atoms with Gasteiger partial charge in [0.1, 0.15) is 6.04 Å². The zero-order valence-electron chi connectivity index (χ0n) is 9.68. The fourth-order valence-corrected chi connectivity index (χ4v) is 2.43. The molecule has 0 radical (unpaired) electrons. The topological polar surface area (TPSA) is 40.5 Å². The zero-order valence-corrected chi connectivity index (χ0v) is 9.68. The Morgan fingerprint density at radius 2 is 2.06 bits per heavy atom. The molecule has 0 amide bonds. The number of aliphatic carboxylic acids is 1. The fourth-order valence-electron chi connectivity index (χ4n) is 2.43. The summed E-state index contributed by atoms with van der Waals surface area (Å²) in [6.07, 6.45) is 0.951. The van der Waals surface area contributed by atoms with Crippen molar-refractivity contribution < 1.29 is 9.90 Å². The molecular formula is C13H17NO2. The van der Waals surface area contributed by atoms with Crippen LogP contribution in [0.15, 0.2) is 24.3 Å². The van der Waals surface area contributed by atoms with E-state index < -0.39 is 12.0 Å². The summed E-state index contributed by atoms with van der Waals surface area (Å²) in [7, 11) is 0. The smallest absolute Gasteiger partial charge is 0.326 e. The Morgan fingerprint density at radius 1 is 1.38 bits per heavy atom. The van der Waals surface area contributed by atoms with Gasteiger partial charge < -0.3 is 10.0 Å². The lowest BCUT2D eigenvalue weighted by Crippen LogP contribution is -2.44. The quantitative estimate of drug-likeness (QED) is 0.846. The molecule has 16 heavy (non-hydrogen) atoms. The van der Waals surface area contributed by atoms with Crippen LogP contribution in [0.3, 0.4) is 0 Å². The summed E-state index contributed by atoms with van der Waals surface area (Å²) < 4.78 is 0. The molecule has 1 heterocycles. The number of hydrogen-bond acceptors (Lipinski definition) is 2. The summed E-state index contributed by atoms with van der Waals surface area (Å²) in [5, 5.41) is 9.29. The van der Waals surface area contributed by atoms with Crippen molar-refractivity contribution >= 4 is 11.7 Å². The Bertz CT molecular complexity index is 401. The van der Waals surface area contributed by atoms with Crippen LogP contribution in [0.2, 0.25) is 0 Å². The number of nitrogens with zero attached hydrogens (tertiary/aromatic N) is 1. The molecule has 0 spiro atoms. The van der Waals surface area contributed by atoms with Gasteiger partial charge in [0.15, 0.2) is 0 Å². The number of carbonyl (C=O) groups is 1. The molecule has 0 fully saturated rings. The molecular weight excluding hydrogens is 202 g/mol. The highest BCUT2D eigenvalue weighted by atomic mass is 16.4. The van der Waals surface area contributed by atoms with Gasteiger partial charge in [0.25, 0.3) is 0 Å². The normalized spacial score (nSPS) is 16.3. The van der Waals surface area contributed by atoms with E-state index in [0.717, 1.165) is 18.7 Å². The van der Waals surface area contributed by atoms with Gasteiger partial charge in [-0.2, -0.15) is 0 Å². The average molecular weight is 219 g/mol. The lowest BCUT2D eigenvalue weighted by Gasteiger charge is -2.29. The second kappa shape index (κ2) is 4.16. The van der Waals surface area contributed by atoms with Gasteiger partial charge >= 0.3 is 5.97 Å². The SMILES string of the molecule is CC(C)C(C(=O)O)N1CCc2ccccc21. The number of para-hydroxylation sites is 1. The van der Waals surface area contributed by atoms with Gasteiger partial charge in [0.05, 0.1) is 0 Å². The average Bonchev–Trinajstić information content (AvgIpc) is 2.61. The fraction of sp³-hybridized carbons (Fsp3) is 0.462. The van der Waals surface area contributed by atoms with Gasteiger partial charge in [0.2, 0.25) is 0 Å². The van der Waals surface area contributed by atoms with E-state index in [2.05, 4.69) is 6.07 Å². The van der Waals surface area contributed by atoms with Gasteiger partial charge in [0, 0.05) is 12.2 Å². The number of hydrogen-bond donors (Lipinski definition) is 1. The monoisotopic (exact) mass is 219 g/mol. The van der Waals surface area contributed by atoms with Crippen LogP contribution < -0.4 is 4.90 Å². The predicted molar refractivity (Wildman–Crippen MR) is 63.8 cm³/mol. The van der Waals surface area contributed by atoms with Crippen molar-refractivity contribution in [2.45, 2.75) is 26.3 Å². The van der Waals surface area contributed by atoms with Crippen LogP contribution in [-0.4, -0.2) is 23.7 Å². The minimum Gasteiger partial charge on any atom is -0.480 e. The maximum Gasteiger partial charge on any atom is 0.326 e. The molecule has 86 valence electrons. The number of benzene rings is 1. The zero-order chi connectivity index (χ0) is 11.7. The van der Waals surface area contributed by atoms with Crippen molar-refractivity contribution in [2.24, 2.45) is 5.92 Å². The van der Waals surface area contributed by atoms with Gasteiger partial charge in [-0.05, 0) is 24.0 Å². The molecule has 1 atom stereocenters. The molecule has 2 rings (SSSR count). The predicted octanol–water partition coefficient (Wildman–Crippen LogP) is 2.16. The van der Waals surface area contributed by atoms with Crippen molar-refractivity contribution in [3.8, 4) is 0 Å². The van der Waals surface area contributed by atoms with E-state index in [1.54, 1.807) is 0 Å². The Balaban J connectivity index is 2.33. The Hall–Kier alpha value is -1.51. The third-order valence-electron chi connectivity index (χ3n) is 3.14. The minimum absolute atomic E-state index is 0.114. The summed E-state index contributed by atoms with van der Waals surface area (Å²) in [5.41, 5.74) is 2.35. The minimum atomic E-state index is -0.730. The van der Waals surface area contributed by atoms with Crippen LogP contribution in [0, 0.1) is 5.92 Å². The second-order valence-corrected chi connectivity index (χ2v) is 4.60. The molecule has 0 aromatic heterocycles.